The van der Waals surface area contributed by atoms with Crippen molar-refractivity contribution < 1.29 is 19.1 Å². The number of unbranched alkanes of at least 4 members (excludes halogenated alkanes) is 2. The highest BCUT2D eigenvalue weighted by molar-refractivity contribution is 5.99. The highest BCUT2D eigenvalue weighted by atomic mass is 16.5. The van der Waals surface area contributed by atoms with Crippen molar-refractivity contribution in [3.05, 3.63) is 35.4 Å². The number of hydrogen-bond donors (Lipinski definition) is 1. The molecule has 5 nitrogen and oxygen atoms in total. The zero-order valence-corrected chi connectivity index (χ0v) is 14.8. The van der Waals surface area contributed by atoms with Crippen LogP contribution >= 0.6 is 0 Å². The van der Waals surface area contributed by atoms with Crippen LogP contribution in [0.25, 0.3) is 0 Å². The van der Waals surface area contributed by atoms with Gasteiger partial charge in [-0.3, -0.25) is 14.4 Å². The number of ether oxygens (including phenoxy) is 1. The summed E-state index contributed by atoms with van der Waals surface area (Å²) in [6.45, 7) is 3.60. The van der Waals surface area contributed by atoms with Crippen LogP contribution in [0.4, 0.5) is 0 Å². The van der Waals surface area contributed by atoms with Gasteiger partial charge in [0.2, 0.25) is 5.91 Å². The van der Waals surface area contributed by atoms with Crippen LogP contribution < -0.4 is 5.32 Å². The second kappa shape index (κ2) is 10.6. The van der Waals surface area contributed by atoms with Crippen LogP contribution in [0, 0.1) is 0 Å². The molecule has 0 aliphatic rings. The average Bonchev–Trinajstić information content (AvgIpc) is 2.58. The van der Waals surface area contributed by atoms with E-state index >= 15 is 0 Å². The van der Waals surface area contributed by atoms with Crippen LogP contribution in [0.1, 0.15) is 74.3 Å². The summed E-state index contributed by atoms with van der Waals surface area (Å²) in [5.74, 6) is -0.627. The van der Waals surface area contributed by atoms with Gasteiger partial charge in [0, 0.05) is 18.9 Å². The van der Waals surface area contributed by atoms with Gasteiger partial charge >= 0.3 is 5.97 Å². The summed E-state index contributed by atoms with van der Waals surface area (Å²) in [6.07, 6.45) is 4.09. The molecule has 1 rings (SSSR count). The van der Waals surface area contributed by atoms with Crippen LogP contribution in [0.15, 0.2) is 24.3 Å². The van der Waals surface area contributed by atoms with E-state index < -0.39 is 5.97 Å². The second-order valence-electron chi connectivity index (χ2n) is 5.84. The molecule has 24 heavy (non-hydrogen) atoms. The number of Topliss-reactive ketones (excluding diaryl/α,β-unsaturated/α-hetero) is 1. The number of carbonyl (C=O) groups excluding carboxylic acids is 3. The van der Waals surface area contributed by atoms with Crippen LogP contribution in [-0.2, 0) is 14.3 Å². The Bertz CT molecular complexity index is 568. The monoisotopic (exact) mass is 333 g/mol. The summed E-state index contributed by atoms with van der Waals surface area (Å²) in [7, 11) is 1.31. The molecule has 0 saturated heterocycles. The number of nitrogens with one attached hydrogen (secondary N) is 1. The van der Waals surface area contributed by atoms with E-state index in [-0.39, 0.29) is 30.6 Å². The Morgan fingerprint density at radius 1 is 1.12 bits per heavy atom. The quantitative estimate of drug-likeness (QED) is 0.403. The fraction of sp³-hybridized carbons (Fsp3) is 0.526. The summed E-state index contributed by atoms with van der Waals surface area (Å²) >= 11 is 0. The number of ketones is 1. The average molecular weight is 333 g/mol. The molecule has 1 amide bonds. The van der Waals surface area contributed by atoms with Crippen LogP contribution in [0.2, 0.25) is 0 Å². The summed E-state index contributed by atoms with van der Waals surface area (Å²) in [5, 5.41) is 2.94. The first-order valence-electron chi connectivity index (χ1n) is 8.45. The molecule has 0 aliphatic carbocycles. The molecule has 0 aliphatic heterocycles. The Morgan fingerprint density at radius 2 is 1.83 bits per heavy atom. The molecule has 0 saturated carbocycles. The number of methoxy groups -OCH3 is 1. The van der Waals surface area contributed by atoms with Gasteiger partial charge in [-0.2, -0.15) is 0 Å². The van der Waals surface area contributed by atoms with E-state index in [1.807, 2.05) is 12.1 Å². The molecule has 0 bridgehead atoms. The zero-order chi connectivity index (χ0) is 17.9. The van der Waals surface area contributed by atoms with E-state index in [2.05, 4.69) is 17.0 Å². The summed E-state index contributed by atoms with van der Waals surface area (Å²) in [6, 6.07) is 7.10. The molecule has 0 radical (unpaired) electrons. The van der Waals surface area contributed by atoms with Crippen LogP contribution in [-0.4, -0.2) is 24.8 Å². The Balaban J connectivity index is 2.95. The minimum absolute atomic E-state index is 0.0598. The molecule has 1 N–H and O–H groups in total. The highest BCUT2D eigenvalue weighted by Gasteiger charge is 2.20. The SMILES string of the molecule is CCCCCC(NC(C)=O)c1ccccc1C(=O)CCC(=O)OC. The first kappa shape index (κ1) is 19.9. The Hall–Kier alpha value is -2.17. The maximum atomic E-state index is 12.5. The van der Waals surface area contributed by atoms with E-state index in [0.29, 0.717) is 5.56 Å². The molecule has 5 heteroatoms. The fourth-order valence-corrected chi connectivity index (χ4v) is 2.66. The van der Waals surface area contributed by atoms with Gasteiger partial charge in [-0.15, -0.1) is 0 Å². The van der Waals surface area contributed by atoms with Gasteiger partial charge in [-0.05, 0) is 12.0 Å². The van der Waals surface area contributed by atoms with Crippen molar-refractivity contribution >= 4 is 17.7 Å². The molecule has 0 fully saturated rings. The third kappa shape index (κ3) is 6.52. The van der Waals surface area contributed by atoms with E-state index in [9.17, 15) is 14.4 Å². The lowest BCUT2D eigenvalue weighted by Crippen LogP contribution is -2.27. The van der Waals surface area contributed by atoms with Crippen molar-refractivity contribution in [2.75, 3.05) is 7.11 Å². The first-order valence-corrected chi connectivity index (χ1v) is 8.45. The molecule has 1 unspecified atom stereocenters. The Kier molecular flexibility index (Phi) is 8.76. The van der Waals surface area contributed by atoms with Crippen LogP contribution in [0.5, 0.6) is 0 Å². The predicted octanol–water partition coefficient (Wildman–Crippen LogP) is 3.58. The topological polar surface area (TPSA) is 72.5 Å². The van der Waals surface area contributed by atoms with Gasteiger partial charge in [-0.25, -0.2) is 0 Å². The van der Waals surface area contributed by atoms with E-state index in [4.69, 9.17) is 0 Å². The highest BCUT2D eigenvalue weighted by Crippen LogP contribution is 2.25. The lowest BCUT2D eigenvalue weighted by Gasteiger charge is -2.21. The lowest BCUT2D eigenvalue weighted by molar-refractivity contribution is -0.140. The van der Waals surface area contributed by atoms with E-state index in [0.717, 1.165) is 31.2 Å². The molecule has 1 atom stereocenters. The standard InChI is InChI=1S/C19H27NO4/c1-4-5-6-11-17(20-14(2)21)15-9-7-8-10-16(15)18(22)12-13-19(23)24-3/h7-10,17H,4-6,11-13H2,1-3H3,(H,20,21). The van der Waals surface area contributed by atoms with Crippen molar-refractivity contribution in [2.24, 2.45) is 0 Å². The van der Waals surface area contributed by atoms with Gasteiger partial charge in [0.25, 0.3) is 0 Å². The molecule has 0 heterocycles. The van der Waals surface area contributed by atoms with Crippen molar-refractivity contribution in [1.29, 1.82) is 0 Å². The maximum absolute atomic E-state index is 12.5. The van der Waals surface area contributed by atoms with Crippen LogP contribution in [0.3, 0.4) is 0 Å². The number of rotatable bonds is 10. The first-order chi connectivity index (χ1) is 11.5. The lowest BCUT2D eigenvalue weighted by atomic mass is 9.92. The molecule has 0 spiro atoms. The third-order valence-electron chi connectivity index (χ3n) is 3.89. The summed E-state index contributed by atoms with van der Waals surface area (Å²) in [5.41, 5.74) is 1.38. The van der Waals surface area contributed by atoms with Crippen molar-refractivity contribution in [2.45, 2.75) is 58.4 Å². The van der Waals surface area contributed by atoms with Gasteiger partial charge in [-0.1, -0.05) is 50.5 Å². The molecule has 132 valence electrons. The summed E-state index contributed by atoms with van der Waals surface area (Å²) in [4.78, 5) is 35.3. The number of hydrogen-bond acceptors (Lipinski definition) is 4. The number of benzene rings is 1. The van der Waals surface area contributed by atoms with Crippen molar-refractivity contribution in [3.8, 4) is 0 Å². The number of esters is 1. The largest absolute Gasteiger partial charge is 0.469 e. The van der Waals surface area contributed by atoms with Crippen molar-refractivity contribution in [1.82, 2.24) is 5.32 Å². The van der Waals surface area contributed by atoms with Gasteiger partial charge in [0.1, 0.15) is 0 Å². The minimum atomic E-state index is -0.401. The minimum Gasteiger partial charge on any atom is -0.469 e. The number of carbonyl (C=O) groups is 3. The Labute approximate surface area is 143 Å². The zero-order valence-electron chi connectivity index (χ0n) is 14.8. The third-order valence-corrected chi connectivity index (χ3v) is 3.89. The van der Waals surface area contributed by atoms with Gasteiger partial charge < -0.3 is 10.1 Å². The molecule has 1 aromatic rings. The van der Waals surface area contributed by atoms with E-state index in [1.54, 1.807) is 12.1 Å². The van der Waals surface area contributed by atoms with Crippen molar-refractivity contribution in [3.63, 3.8) is 0 Å². The molecule has 0 aromatic heterocycles. The maximum Gasteiger partial charge on any atom is 0.305 e. The second-order valence-corrected chi connectivity index (χ2v) is 5.84. The van der Waals surface area contributed by atoms with Gasteiger partial charge in [0.05, 0.1) is 19.6 Å². The molecular formula is C19H27NO4. The number of amides is 1. The Morgan fingerprint density at radius 3 is 2.46 bits per heavy atom. The normalized spacial score (nSPS) is 11.6. The predicted molar refractivity (Wildman–Crippen MR) is 92.7 cm³/mol. The molecule has 1 aromatic carbocycles. The summed E-state index contributed by atoms with van der Waals surface area (Å²) < 4.78 is 4.58. The van der Waals surface area contributed by atoms with Gasteiger partial charge in [0.15, 0.2) is 5.78 Å². The molecular weight excluding hydrogens is 306 g/mol. The fourth-order valence-electron chi connectivity index (χ4n) is 2.66. The van der Waals surface area contributed by atoms with E-state index in [1.165, 1.54) is 14.0 Å². The smallest absolute Gasteiger partial charge is 0.305 e.